The van der Waals surface area contributed by atoms with Crippen molar-refractivity contribution in [2.45, 2.75) is 32.5 Å². The number of hydrogen-bond donors (Lipinski definition) is 1. The van der Waals surface area contributed by atoms with Gasteiger partial charge in [-0.15, -0.1) is 0 Å². The molecule has 0 saturated carbocycles. The summed E-state index contributed by atoms with van der Waals surface area (Å²) >= 11 is 0. The maximum absolute atomic E-state index is 9.36. The molecule has 1 N–H and O–H groups in total. The number of likely N-dealkylation sites (N-methyl/N-ethyl adjacent to an activating group) is 1. The van der Waals surface area contributed by atoms with Crippen molar-refractivity contribution >= 4 is 5.69 Å². The summed E-state index contributed by atoms with van der Waals surface area (Å²) in [5, 5.41) is 9.36. The van der Waals surface area contributed by atoms with Crippen LogP contribution in [0.15, 0.2) is 18.5 Å². The van der Waals surface area contributed by atoms with E-state index in [-0.39, 0.29) is 6.61 Å². The van der Waals surface area contributed by atoms with E-state index >= 15 is 0 Å². The van der Waals surface area contributed by atoms with Crippen LogP contribution in [0, 0.1) is 0 Å². The SMILES string of the molecule is CC1CN(c2ccncc2CO)CC(C)N1C. The number of rotatable bonds is 2. The van der Waals surface area contributed by atoms with Crippen molar-refractivity contribution in [2.75, 3.05) is 25.0 Å². The van der Waals surface area contributed by atoms with Crippen LogP contribution in [0.1, 0.15) is 19.4 Å². The van der Waals surface area contributed by atoms with Crippen LogP contribution in [-0.2, 0) is 6.61 Å². The molecule has 4 heteroatoms. The van der Waals surface area contributed by atoms with E-state index in [2.05, 4.69) is 35.7 Å². The van der Waals surface area contributed by atoms with Crippen LogP contribution in [0.4, 0.5) is 5.69 Å². The summed E-state index contributed by atoms with van der Waals surface area (Å²) in [6, 6.07) is 3.05. The summed E-state index contributed by atoms with van der Waals surface area (Å²) in [5.74, 6) is 0. The van der Waals surface area contributed by atoms with Crippen LogP contribution < -0.4 is 4.90 Å². The van der Waals surface area contributed by atoms with Gasteiger partial charge >= 0.3 is 0 Å². The normalized spacial score (nSPS) is 26.2. The van der Waals surface area contributed by atoms with Crippen molar-refractivity contribution in [2.24, 2.45) is 0 Å². The molecule has 1 aliphatic rings. The molecule has 0 radical (unpaired) electrons. The Labute approximate surface area is 103 Å². The van der Waals surface area contributed by atoms with Gasteiger partial charge in [0.15, 0.2) is 0 Å². The van der Waals surface area contributed by atoms with Crippen molar-refractivity contribution in [3.8, 4) is 0 Å². The topological polar surface area (TPSA) is 39.6 Å². The number of aliphatic hydroxyl groups is 1. The van der Waals surface area contributed by atoms with Gasteiger partial charge in [0.1, 0.15) is 0 Å². The number of piperazine rings is 1. The van der Waals surface area contributed by atoms with Crippen molar-refractivity contribution in [3.05, 3.63) is 24.0 Å². The molecule has 1 fully saturated rings. The van der Waals surface area contributed by atoms with E-state index < -0.39 is 0 Å². The molecular formula is C13H21N3O. The summed E-state index contributed by atoms with van der Waals surface area (Å²) < 4.78 is 0. The summed E-state index contributed by atoms with van der Waals surface area (Å²) in [6.45, 7) is 6.53. The highest BCUT2D eigenvalue weighted by molar-refractivity contribution is 5.52. The van der Waals surface area contributed by atoms with E-state index in [1.165, 1.54) is 0 Å². The van der Waals surface area contributed by atoms with Crippen molar-refractivity contribution in [3.63, 3.8) is 0 Å². The van der Waals surface area contributed by atoms with E-state index in [1.807, 2.05) is 6.07 Å². The van der Waals surface area contributed by atoms with Gasteiger partial charge in [0, 0.05) is 48.8 Å². The Morgan fingerprint density at radius 3 is 2.59 bits per heavy atom. The van der Waals surface area contributed by atoms with E-state index in [9.17, 15) is 5.11 Å². The summed E-state index contributed by atoms with van der Waals surface area (Å²) in [4.78, 5) is 8.82. The van der Waals surface area contributed by atoms with Crippen LogP contribution >= 0.6 is 0 Å². The van der Waals surface area contributed by atoms with Crippen molar-refractivity contribution in [1.29, 1.82) is 0 Å². The highest BCUT2D eigenvalue weighted by Gasteiger charge is 2.27. The number of pyridine rings is 1. The number of aliphatic hydroxyl groups excluding tert-OH is 1. The fourth-order valence-corrected chi connectivity index (χ4v) is 2.45. The molecule has 1 aromatic heterocycles. The van der Waals surface area contributed by atoms with Crippen LogP contribution in [0.25, 0.3) is 0 Å². The van der Waals surface area contributed by atoms with Gasteiger partial charge in [0.2, 0.25) is 0 Å². The number of nitrogens with zero attached hydrogens (tertiary/aromatic N) is 3. The molecule has 2 rings (SSSR count). The lowest BCUT2D eigenvalue weighted by Crippen LogP contribution is -2.55. The van der Waals surface area contributed by atoms with Crippen LogP contribution in [-0.4, -0.2) is 47.2 Å². The molecule has 2 heterocycles. The molecule has 4 nitrogen and oxygen atoms in total. The summed E-state index contributed by atoms with van der Waals surface area (Å²) in [5.41, 5.74) is 2.03. The summed E-state index contributed by atoms with van der Waals surface area (Å²) in [6.07, 6.45) is 3.55. The highest BCUT2D eigenvalue weighted by atomic mass is 16.3. The molecule has 1 aromatic rings. The minimum Gasteiger partial charge on any atom is -0.392 e. The first kappa shape index (κ1) is 12.3. The lowest BCUT2D eigenvalue weighted by atomic mass is 10.1. The van der Waals surface area contributed by atoms with Crippen molar-refractivity contribution < 1.29 is 5.11 Å². The molecule has 1 aliphatic heterocycles. The zero-order valence-electron chi connectivity index (χ0n) is 10.8. The van der Waals surface area contributed by atoms with Gasteiger partial charge < -0.3 is 10.0 Å². The predicted octanol–water partition coefficient (Wildman–Crippen LogP) is 1.10. The number of anilines is 1. The quantitative estimate of drug-likeness (QED) is 0.833. The van der Waals surface area contributed by atoms with Crippen LogP contribution in [0.2, 0.25) is 0 Å². The fraction of sp³-hybridized carbons (Fsp3) is 0.615. The number of aromatic nitrogens is 1. The second-order valence-electron chi connectivity index (χ2n) is 4.93. The maximum Gasteiger partial charge on any atom is 0.0717 e. The van der Waals surface area contributed by atoms with Gasteiger partial charge in [-0.25, -0.2) is 0 Å². The first-order valence-corrected chi connectivity index (χ1v) is 6.14. The van der Waals surface area contributed by atoms with Gasteiger partial charge in [0.05, 0.1) is 6.61 Å². The molecule has 0 amide bonds. The lowest BCUT2D eigenvalue weighted by Gasteiger charge is -2.44. The van der Waals surface area contributed by atoms with E-state index in [0.29, 0.717) is 12.1 Å². The van der Waals surface area contributed by atoms with Gasteiger partial charge in [-0.05, 0) is 27.0 Å². The minimum absolute atomic E-state index is 0.0538. The third-order valence-electron chi connectivity index (χ3n) is 3.75. The molecule has 2 unspecified atom stereocenters. The zero-order chi connectivity index (χ0) is 12.4. The average molecular weight is 235 g/mol. The molecular weight excluding hydrogens is 214 g/mol. The molecule has 0 spiro atoms. The monoisotopic (exact) mass is 235 g/mol. The smallest absolute Gasteiger partial charge is 0.0717 e. The fourth-order valence-electron chi connectivity index (χ4n) is 2.45. The molecule has 17 heavy (non-hydrogen) atoms. The van der Waals surface area contributed by atoms with Gasteiger partial charge in [-0.3, -0.25) is 9.88 Å². The van der Waals surface area contributed by atoms with Crippen molar-refractivity contribution in [1.82, 2.24) is 9.88 Å². The summed E-state index contributed by atoms with van der Waals surface area (Å²) in [7, 11) is 2.17. The molecule has 2 atom stereocenters. The maximum atomic E-state index is 9.36. The molecule has 94 valence electrons. The van der Waals surface area contributed by atoms with Crippen LogP contribution in [0.5, 0.6) is 0 Å². The molecule has 0 aromatic carbocycles. The van der Waals surface area contributed by atoms with Gasteiger partial charge in [-0.2, -0.15) is 0 Å². The Bertz CT molecular complexity index is 371. The van der Waals surface area contributed by atoms with Crippen LogP contribution in [0.3, 0.4) is 0 Å². The third kappa shape index (κ3) is 2.42. The molecule has 0 bridgehead atoms. The highest BCUT2D eigenvalue weighted by Crippen LogP contribution is 2.24. The predicted molar refractivity (Wildman–Crippen MR) is 69.1 cm³/mol. The zero-order valence-corrected chi connectivity index (χ0v) is 10.8. The number of hydrogen-bond acceptors (Lipinski definition) is 4. The second kappa shape index (κ2) is 5.02. The van der Waals surface area contributed by atoms with E-state index in [1.54, 1.807) is 12.4 Å². The molecule has 0 aliphatic carbocycles. The van der Waals surface area contributed by atoms with Gasteiger partial charge in [-0.1, -0.05) is 0 Å². The standard InChI is InChI=1S/C13H21N3O/c1-10-7-16(8-11(2)15(10)3)13-4-5-14-6-12(13)9-17/h4-6,10-11,17H,7-9H2,1-3H3. The first-order valence-electron chi connectivity index (χ1n) is 6.14. The Balaban J connectivity index is 2.22. The minimum atomic E-state index is 0.0538. The van der Waals surface area contributed by atoms with E-state index in [0.717, 1.165) is 24.3 Å². The Kier molecular flexibility index (Phi) is 3.64. The molecule has 1 saturated heterocycles. The largest absolute Gasteiger partial charge is 0.392 e. The Morgan fingerprint density at radius 1 is 1.35 bits per heavy atom. The average Bonchev–Trinajstić information content (AvgIpc) is 2.35. The Hall–Kier alpha value is -1.13. The second-order valence-corrected chi connectivity index (χ2v) is 4.93. The van der Waals surface area contributed by atoms with E-state index in [4.69, 9.17) is 0 Å². The third-order valence-corrected chi connectivity index (χ3v) is 3.75. The Morgan fingerprint density at radius 2 is 2.00 bits per heavy atom. The lowest BCUT2D eigenvalue weighted by molar-refractivity contribution is 0.169. The first-order chi connectivity index (χ1) is 8.13. The van der Waals surface area contributed by atoms with Gasteiger partial charge in [0.25, 0.3) is 0 Å².